The predicted octanol–water partition coefficient (Wildman–Crippen LogP) is 7.47. The van der Waals surface area contributed by atoms with Crippen LogP contribution in [0.4, 0.5) is 0 Å². The first-order valence-electron chi connectivity index (χ1n) is 15.1. The van der Waals surface area contributed by atoms with Crippen LogP contribution in [0, 0.1) is 0 Å². The van der Waals surface area contributed by atoms with Crippen LogP contribution in [0.15, 0.2) is 0 Å². The molecule has 0 bridgehead atoms. The van der Waals surface area contributed by atoms with Crippen molar-refractivity contribution in [3.8, 4) is 0 Å². The van der Waals surface area contributed by atoms with Crippen molar-refractivity contribution in [1.29, 1.82) is 0 Å². The van der Waals surface area contributed by atoms with Crippen LogP contribution in [-0.2, 0) is 0 Å². The van der Waals surface area contributed by atoms with Gasteiger partial charge in [-0.05, 0) is 32.1 Å². The Morgan fingerprint density at radius 3 is 0.781 bits per heavy atom. The smallest absolute Gasteiger partial charge is 0.0786 e. The van der Waals surface area contributed by atoms with E-state index in [0.717, 1.165) is 0 Å². The van der Waals surface area contributed by atoms with Gasteiger partial charge < -0.3 is 28.5 Å². The Morgan fingerprint density at radius 1 is 0.281 bits per heavy atom. The Balaban J connectivity index is 0. The molecule has 0 spiro atoms. The summed E-state index contributed by atoms with van der Waals surface area (Å²) in [5.41, 5.74) is 0. The molecule has 0 saturated heterocycles. The third-order valence-electron chi connectivity index (χ3n) is 7.44. The number of rotatable bonds is 26. The van der Waals surface area contributed by atoms with Gasteiger partial charge in [-0.3, -0.25) is 0 Å². The number of nitrogens with zero attached hydrogens (tertiary/aromatic N) is 1. The lowest BCUT2D eigenvalue weighted by molar-refractivity contribution is -0.929. The zero-order valence-corrected chi connectivity index (χ0v) is 25.4. The molecule has 32 heavy (non-hydrogen) atoms. The van der Waals surface area contributed by atoms with Crippen molar-refractivity contribution in [2.45, 2.75) is 169 Å². The van der Waals surface area contributed by atoms with Crippen molar-refractivity contribution in [2.24, 2.45) is 0 Å². The highest BCUT2D eigenvalue weighted by atomic mass is 127. The summed E-state index contributed by atoms with van der Waals surface area (Å²) in [5, 5.41) is 0. The fourth-order valence-corrected chi connectivity index (χ4v) is 5.15. The summed E-state index contributed by atoms with van der Waals surface area (Å²) in [6.45, 7) is 15.2. The first-order valence-corrected chi connectivity index (χ1v) is 15.1. The maximum atomic E-state index is 2.36. The molecule has 0 radical (unpaired) electrons. The van der Waals surface area contributed by atoms with Crippen molar-refractivity contribution >= 4 is 0 Å². The minimum absolute atomic E-state index is 0. The third kappa shape index (κ3) is 22.5. The Morgan fingerprint density at radius 2 is 0.500 bits per heavy atom. The molecule has 0 atom stereocenters. The summed E-state index contributed by atoms with van der Waals surface area (Å²) in [4.78, 5) is 0. The third-order valence-corrected chi connectivity index (χ3v) is 7.44. The van der Waals surface area contributed by atoms with E-state index in [2.05, 4.69) is 27.7 Å². The zero-order valence-electron chi connectivity index (χ0n) is 23.2. The van der Waals surface area contributed by atoms with E-state index in [1.807, 2.05) is 0 Å². The van der Waals surface area contributed by atoms with Crippen molar-refractivity contribution in [2.75, 3.05) is 26.2 Å². The van der Waals surface area contributed by atoms with Crippen LogP contribution in [0.5, 0.6) is 0 Å². The molecule has 0 amide bonds. The van der Waals surface area contributed by atoms with E-state index >= 15 is 0 Å². The standard InChI is InChI=1S/C30H64N.HI/c1-5-9-13-14-15-16-17-18-19-20-21-22-23-24-25-26-30-31(27-10-6-2,28-11-7-3)29-12-8-4;/h5-30H2,1-4H3;1H/q+1;/p-1. The molecule has 0 N–H and O–H groups in total. The van der Waals surface area contributed by atoms with Gasteiger partial charge in [0.2, 0.25) is 0 Å². The Bertz CT molecular complexity index is 309. The van der Waals surface area contributed by atoms with E-state index in [1.165, 1.54) is 172 Å². The summed E-state index contributed by atoms with van der Waals surface area (Å²) < 4.78 is 1.44. The van der Waals surface area contributed by atoms with Gasteiger partial charge in [-0.15, -0.1) is 0 Å². The minimum Gasteiger partial charge on any atom is -1.00 e. The van der Waals surface area contributed by atoms with Gasteiger partial charge in [0, 0.05) is 0 Å². The van der Waals surface area contributed by atoms with Gasteiger partial charge in [-0.25, -0.2) is 0 Å². The molecule has 1 nitrogen and oxygen atoms in total. The molecule has 0 heterocycles. The van der Waals surface area contributed by atoms with Crippen molar-refractivity contribution in [3.05, 3.63) is 0 Å². The van der Waals surface area contributed by atoms with E-state index < -0.39 is 0 Å². The molecule has 0 aliphatic rings. The lowest BCUT2D eigenvalue weighted by Gasteiger charge is -2.39. The van der Waals surface area contributed by atoms with E-state index in [-0.39, 0.29) is 24.0 Å². The van der Waals surface area contributed by atoms with Gasteiger partial charge in [0.05, 0.1) is 26.2 Å². The van der Waals surface area contributed by atoms with Crippen LogP contribution in [0.1, 0.15) is 169 Å². The molecule has 0 aliphatic heterocycles. The van der Waals surface area contributed by atoms with Crippen molar-refractivity contribution in [3.63, 3.8) is 0 Å². The van der Waals surface area contributed by atoms with Gasteiger partial charge in [0.1, 0.15) is 0 Å². The largest absolute Gasteiger partial charge is 1.00 e. The normalized spacial score (nSPS) is 11.6. The average Bonchev–Trinajstić information content (AvgIpc) is 2.79. The monoisotopic (exact) mass is 565 g/mol. The Hall–Kier alpha value is 0.690. The first kappa shape index (κ1) is 34.9. The van der Waals surface area contributed by atoms with Crippen molar-refractivity contribution in [1.82, 2.24) is 0 Å². The quantitative estimate of drug-likeness (QED) is 0.0580. The van der Waals surface area contributed by atoms with Crippen LogP contribution in [0.3, 0.4) is 0 Å². The average molecular weight is 566 g/mol. The Kier molecular flexibility index (Phi) is 30.4. The second kappa shape index (κ2) is 27.9. The number of hydrogen-bond acceptors (Lipinski definition) is 0. The predicted molar refractivity (Wildman–Crippen MR) is 144 cm³/mol. The van der Waals surface area contributed by atoms with Crippen LogP contribution >= 0.6 is 0 Å². The molecule has 0 aromatic carbocycles. The van der Waals surface area contributed by atoms with E-state index in [9.17, 15) is 0 Å². The zero-order chi connectivity index (χ0) is 22.9. The second-order valence-electron chi connectivity index (χ2n) is 10.6. The minimum atomic E-state index is 0. The van der Waals surface area contributed by atoms with Crippen LogP contribution in [0.25, 0.3) is 0 Å². The number of hydrogen-bond donors (Lipinski definition) is 0. The fraction of sp³-hybridized carbons (Fsp3) is 1.00. The Labute approximate surface area is 222 Å². The lowest BCUT2D eigenvalue weighted by Crippen LogP contribution is -3.00. The highest BCUT2D eigenvalue weighted by molar-refractivity contribution is 4.53. The van der Waals surface area contributed by atoms with E-state index in [0.29, 0.717) is 0 Å². The summed E-state index contributed by atoms with van der Waals surface area (Å²) in [6, 6.07) is 0. The molecule has 0 unspecified atom stereocenters. The summed E-state index contributed by atoms with van der Waals surface area (Å²) in [5.74, 6) is 0. The molecule has 2 heteroatoms. The molecule has 0 saturated carbocycles. The SMILES string of the molecule is CCCCCCCCCCCCCCCCCC[N+](CCCC)(CCCC)CCCC.[I-]. The number of unbranched alkanes of at least 4 members (excludes halogenated alkanes) is 18. The van der Waals surface area contributed by atoms with Crippen LogP contribution in [-0.4, -0.2) is 30.7 Å². The highest BCUT2D eigenvalue weighted by Gasteiger charge is 2.24. The first-order chi connectivity index (χ1) is 15.2. The molecular weight excluding hydrogens is 501 g/mol. The molecule has 0 aromatic heterocycles. The molecule has 0 aliphatic carbocycles. The summed E-state index contributed by atoms with van der Waals surface area (Å²) >= 11 is 0. The van der Waals surface area contributed by atoms with Gasteiger partial charge in [-0.2, -0.15) is 0 Å². The molecule has 196 valence electrons. The van der Waals surface area contributed by atoms with E-state index in [1.54, 1.807) is 0 Å². The number of quaternary nitrogens is 1. The molecule has 0 aromatic rings. The molecular formula is C30H64IN. The van der Waals surface area contributed by atoms with Gasteiger partial charge in [0.15, 0.2) is 0 Å². The number of halogens is 1. The topological polar surface area (TPSA) is 0 Å². The van der Waals surface area contributed by atoms with E-state index in [4.69, 9.17) is 0 Å². The molecule has 0 rings (SSSR count). The van der Waals surface area contributed by atoms with Gasteiger partial charge in [-0.1, -0.05) is 137 Å². The van der Waals surface area contributed by atoms with Crippen LogP contribution < -0.4 is 24.0 Å². The lowest BCUT2D eigenvalue weighted by atomic mass is 10.0. The summed E-state index contributed by atoms with van der Waals surface area (Å²) in [6.07, 6.45) is 31.9. The van der Waals surface area contributed by atoms with Gasteiger partial charge >= 0.3 is 0 Å². The summed E-state index contributed by atoms with van der Waals surface area (Å²) in [7, 11) is 0. The van der Waals surface area contributed by atoms with Crippen molar-refractivity contribution < 1.29 is 28.5 Å². The maximum Gasteiger partial charge on any atom is 0.0786 e. The second-order valence-corrected chi connectivity index (χ2v) is 10.6. The van der Waals surface area contributed by atoms with Crippen LogP contribution in [0.2, 0.25) is 0 Å². The maximum absolute atomic E-state index is 2.36. The molecule has 0 fully saturated rings. The highest BCUT2D eigenvalue weighted by Crippen LogP contribution is 2.18. The fourth-order valence-electron chi connectivity index (χ4n) is 5.15. The van der Waals surface area contributed by atoms with Gasteiger partial charge in [0.25, 0.3) is 0 Å².